The van der Waals surface area contributed by atoms with Gasteiger partial charge in [0, 0.05) is 7.11 Å². The van der Waals surface area contributed by atoms with Crippen LogP contribution in [0.1, 0.15) is 6.92 Å². The molecule has 46 valence electrons. The number of ether oxygens (including phenoxy) is 1. The first-order valence-corrected chi connectivity index (χ1v) is 2.21. The van der Waals surface area contributed by atoms with Crippen LogP contribution in [-0.2, 0) is 14.3 Å². The zero-order valence-electron chi connectivity index (χ0n) is 4.88. The molecule has 0 aliphatic carbocycles. The summed E-state index contributed by atoms with van der Waals surface area (Å²) in [5.41, 5.74) is 0. The van der Waals surface area contributed by atoms with Gasteiger partial charge in [-0.05, 0) is 6.92 Å². The minimum absolute atomic E-state index is 0.262. The molecule has 0 aromatic carbocycles. The number of carbonyl (C=O) groups is 2. The maximum atomic E-state index is 10.2. The van der Waals surface area contributed by atoms with E-state index in [9.17, 15) is 9.59 Å². The summed E-state index contributed by atoms with van der Waals surface area (Å²) in [5.74, 6) is -0.262. The van der Waals surface area contributed by atoms with Crippen LogP contribution in [0.25, 0.3) is 0 Å². The van der Waals surface area contributed by atoms with E-state index in [2.05, 4.69) is 4.74 Å². The largest absolute Gasteiger partial charge is 0.366 e. The number of carbonyl (C=O) groups excluding carboxylic acids is 2. The lowest BCUT2D eigenvalue weighted by atomic mass is 10.3. The third-order valence-electron chi connectivity index (χ3n) is 0.778. The SMILES string of the molecule is COC(C=O)C(C)=O. The topological polar surface area (TPSA) is 43.4 Å². The van der Waals surface area contributed by atoms with Crippen LogP contribution < -0.4 is 0 Å². The maximum Gasteiger partial charge on any atom is 0.170 e. The second kappa shape index (κ2) is 3.32. The number of Topliss-reactive ketones (excluding diaryl/α,β-unsaturated/α-hetero) is 1. The summed E-state index contributed by atoms with van der Waals surface area (Å²) in [4.78, 5) is 20.1. The van der Waals surface area contributed by atoms with Crippen molar-refractivity contribution in [2.24, 2.45) is 0 Å². The van der Waals surface area contributed by atoms with Gasteiger partial charge in [-0.2, -0.15) is 0 Å². The molecule has 0 fully saturated rings. The van der Waals surface area contributed by atoms with Crippen LogP contribution in [0.15, 0.2) is 0 Å². The number of methoxy groups -OCH3 is 1. The molecular weight excluding hydrogens is 108 g/mol. The molecule has 0 saturated carbocycles. The van der Waals surface area contributed by atoms with Crippen molar-refractivity contribution >= 4 is 12.1 Å². The molecule has 0 rings (SSSR count). The summed E-state index contributed by atoms with van der Waals surface area (Å²) in [6, 6.07) is 0. The normalized spacial score (nSPS) is 12.8. The Morgan fingerprint density at radius 1 is 1.75 bits per heavy atom. The Balaban J connectivity index is 3.69. The number of ketones is 1. The van der Waals surface area contributed by atoms with Crippen molar-refractivity contribution in [2.45, 2.75) is 13.0 Å². The van der Waals surface area contributed by atoms with Crippen molar-refractivity contribution in [2.75, 3.05) is 7.11 Å². The van der Waals surface area contributed by atoms with Crippen LogP contribution in [0, 0.1) is 0 Å². The Hall–Kier alpha value is -0.700. The smallest absolute Gasteiger partial charge is 0.170 e. The molecule has 0 bridgehead atoms. The predicted molar refractivity (Wildman–Crippen MR) is 27.5 cm³/mol. The molecule has 3 heteroatoms. The first-order chi connectivity index (χ1) is 3.72. The van der Waals surface area contributed by atoms with E-state index in [1.165, 1.54) is 14.0 Å². The van der Waals surface area contributed by atoms with E-state index in [4.69, 9.17) is 0 Å². The molecule has 1 atom stereocenters. The molecule has 1 unspecified atom stereocenters. The number of hydrogen-bond donors (Lipinski definition) is 0. The molecule has 0 amide bonds. The van der Waals surface area contributed by atoms with E-state index < -0.39 is 6.10 Å². The Kier molecular flexibility index (Phi) is 3.03. The van der Waals surface area contributed by atoms with Gasteiger partial charge >= 0.3 is 0 Å². The standard InChI is InChI=1S/C5H8O3/c1-4(7)5(3-6)8-2/h3,5H,1-2H3. The molecule has 0 aromatic rings. The summed E-state index contributed by atoms with van der Waals surface area (Å²) in [7, 11) is 1.32. The fraction of sp³-hybridized carbons (Fsp3) is 0.600. The molecule has 0 N–H and O–H groups in total. The molecule has 0 heterocycles. The fourth-order valence-electron chi connectivity index (χ4n) is 0.317. The van der Waals surface area contributed by atoms with E-state index in [1.54, 1.807) is 0 Å². The number of rotatable bonds is 3. The predicted octanol–water partition coefficient (Wildman–Crippen LogP) is -0.211. The van der Waals surface area contributed by atoms with Crippen LogP contribution >= 0.6 is 0 Å². The van der Waals surface area contributed by atoms with Crippen LogP contribution in [0.5, 0.6) is 0 Å². The summed E-state index contributed by atoms with van der Waals surface area (Å²) >= 11 is 0. The van der Waals surface area contributed by atoms with E-state index in [0.717, 1.165) is 0 Å². The van der Waals surface area contributed by atoms with Crippen molar-refractivity contribution in [3.05, 3.63) is 0 Å². The lowest BCUT2D eigenvalue weighted by Crippen LogP contribution is -2.20. The third-order valence-corrected chi connectivity index (χ3v) is 0.778. The van der Waals surface area contributed by atoms with E-state index in [1.807, 2.05) is 0 Å². The molecule has 8 heavy (non-hydrogen) atoms. The van der Waals surface area contributed by atoms with Gasteiger partial charge in [0.15, 0.2) is 18.2 Å². The van der Waals surface area contributed by atoms with Crippen molar-refractivity contribution in [3.8, 4) is 0 Å². The quantitative estimate of drug-likeness (QED) is 0.378. The zero-order valence-corrected chi connectivity index (χ0v) is 4.88. The fourth-order valence-corrected chi connectivity index (χ4v) is 0.317. The van der Waals surface area contributed by atoms with Gasteiger partial charge in [-0.15, -0.1) is 0 Å². The molecule has 0 aliphatic rings. The molecule has 3 nitrogen and oxygen atoms in total. The van der Waals surface area contributed by atoms with Crippen LogP contribution in [-0.4, -0.2) is 25.3 Å². The average Bonchev–Trinajstić information content (AvgIpc) is 1.69. The summed E-state index contributed by atoms with van der Waals surface area (Å²) in [6.07, 6.45) is -0.391. The van der Waals surface area contributed by atoms with Gasteiger partial charge in [0.2, 0.25) is 0 Å². The average molecular weight is 116 g/mol. The molecule has 0 spiro atoms. The highest BCUT2D eigenvalue weighted by Crippen LogP contribution is 1.84. The Bertz CT molecular complexity index is 97.8. The van der Waals surface area contributed by atoms with Crippen molar-refractivity contribution in [3.63, 3.8) is 0 Å². The molecule has 0 aliphatic heterocycles. The van der Waals surface area contributed by atoms with Gasteiger partial charge < -0.3 is 4.74 Å². The van der Waals surface area contributed by atoms with E-state index in [0.29, 0.717) is 6.29 Å². The highest BCUT2D eigenvalue weighted by molar-refractivity contribution is 5.94. The van der Waals surface area contributed by atoms with Gasteiger partial charge in [0.25, 0.3) is 0 Å². The zero-order chi connectivity index (χ0) is 6.57. The molecule has 0 saturated heterocycles. The van der Waals surface area contributed by atoms with Crippen molar-refractivity contribution < 1.29 is 14.3 Å². The van der Waals surface area contributed by atoms with Crippen LogP contribution in [0.2, 0.25) is 0 Å². The van der Waals surface area contributed by atoms with E-state index >= 15 is 0 Å². The third kappa shape index (κ3) is 1.84. The van der Waals surface area contributed by atoms with Crippen molar-refractivity contribution in [1.29, 1.82) is 0 Å². The highest BCUT2D eigenvalue weighted by atomic mass is 16.5. The van der Waals surface area contributed by atoms with Crippen LogP contribution in [0.3, 0.4) is 0 Å². The summed E-state index contributed by atoms with van der Waals surface area (Å²) in [6.45, 7) is 1.31. The van der Waals surface area contributed by atoms with Gasteiger partial charge in [-0.1, -0.05) is 0 Å². The Labute approximate surface area is 47.6 Å². The first-order valence-electron chi connectivity index (χ1n) is 2.21. The second-order valence-electron chi connectivity index (χ2n) is 1.40. The molecule has 0 aromatic heterocycles. The highest BCUT2D eigenvalue weighted by Gasteiger charge is 2.08. The second-order valence-corrected chi connectivity index (χ2v) is 1.40. The van der Waals surface area contributed by atoms with Gasteiger partial charge in [0.05, 0.1) is 0 Å². The minimum Gasteiger partial charge on any atom is -0.366 e. The van der Waals surface area contributed by atoms with Crippen LogP contribution in [0.4, 0.5) is 0 Å². The van der Waals surface area contributed by atoms with Gasteiger partial charge in [-0.25, -0.2) is 0 Å². The maximum absolute atomic E-state index is 10.2. The van der Waals surface area contributed by atoms with Crippen molar-refractivity contribution in [1.82, 2.24) is 0 Å². The molecular formula is C5H8O3. The minimum atomic E-state index is -0.866. The Morgan fingerprint density at radius 3 is 2.25 bits per heavy atom. The first kappa shape index (κ1) is 7.30. The van der Waals surface area contributed by atoms with E-state index in [-0.39, 0.29) is 5.78 Å². The number of aldehydes is 1. The Morgan fingerprint density at radius 2 is 2.25 bits per heavy atom. The summed E-state index contributed by atoms with van der Waals surface area (Å²) in [5, 5.41) is 0. The van der Waals surface area contributed by atoms with Gasteiger partial charge in [0.1, 0.15) is 0 Å². The lowest BCUT2D eigenvalue weighted by Gasteiger charge is -1.99. The summed E-state index contributed by atoms with van der Waals surface area (Å²) < 4.78 is 4.44. The van der Waals surface area contributed by atoms with Gasteiger partial charge in [-0.3, -0.25) is 9.59 Å². The lowest BCUT2D eigenvalue weighted by molar-refractivity contribution is -0.132. The monoisotopic (exact) mass is 116 g/mol. The molecule has 0 radical (unpaired) electrons. The number of hydrogen-bond acceptors (Lipinski definition) is 3.